The minimum Gasteiger partial charge on any atom is -0.465 e. The van der Waals surface area contributed by atoms with E-state index >= 15 is 0 Å². The van der Waals surface area contributed by atoms with Gasteiger partial charge in [-0.3, -0.25) is 4.79 Å². The van der Waals surface area contributed by atoms with Crippen molar-refractivity contribution in [2.24, 2.45) is 0 Å². The molecule has 8 nitrogen and oxygen atoms in total. The van der Waals surface area contributed by atoms with Crippen LogP contribution in [0.3, 0.4) is 0 Å². The van der Waals surface area contributed by atoms with Crippen molar-refractivity contribution in [3.05, 3.63) is 82.4 Å². The molecular weight excluding hydrogens is 449 g/mol. The molecule has 2 aromatic heterocycles. The van der Waals surface area contributed by atoms with Crippen molar-refractivity contribution in [2.75, 3.05) is 6.54 Å². The highest BCUT2D eigenvalue weighted by Gasteiger charge is 2.34. The number of fused-ring (bicyclic) bond motifs is 6. The van der Waals surface area contributed by atoms with Gasteiger partial charge in [0.25, 0.3) is 5.56 Å². The molecule has 1 aliphatic rings. The number of hydrogen-bond donors (Lipinski definition) is 3. The Bertz CT molecular complexity index is 1650. The maximum absolute atomic E-state index is 14.1. The Kier molecular flexibility index (Phi) is 4.98. The predicted molar refractivity (Wildman–Crippen MR) is 130 cm³/mol. The van der Waals surface area contributed by atoms with Crippen LogP contribution >= 0.6 is 0 Å². The molecule has 2 unspecified atom stereocenters. The first-order chi connectivity index (χ1) is 17.0. The van der Waals surface area contributed by atoms with E-state index < -0.39 is 11.9 Å². The number of hydrogen-bond acceptors (Lipinski definition) is 4. The molecule has 3 N–H and O–H groups in total. The first-order valence-corrected chi connectivity index (χ1v) is 11.5. The van der Waals surface area contributed by atoms with Gasteiger partial charge >= 0.3 is 6.09 Å². The van der Waals surface area contributed by atoms with Crippen LogP contribution in [0.4, 0.5) is 9.18 Å². The second-order valence-corrected chi connectivity index (χ2v) is 9.03. The van der Waals surface area contributed by atoms with E-state index in [4.69, 9.17) is 4.98 Å². The number of nitrogens with one attached hydrogen (secondary N) is 2. The quantitative estimate of drug-likeness (QED) is 0.334. The Morgan fingerprint density at radius 1 is 1.14 bits per heavy atom. The third kappa shape index (κ3) is 3.60. The van der Waals surface area contributed by atoms with Gasteiger partial charge in [-0.25, -0.2) is 19.2 Å². The second kappa shape index (κ2) is 8.19. The van der Waals surface area contributed by atoms with Crippen molar-refractivity contribution in [2.45, 2.75) is 31.2 Å². The molecule has 0 bridgehead atoms. The van der Waals surface area contributed by atoms with Crippen LogP contribution in [-0.4, -0.2) is 48.6 Å². The number of halogens is 1. The number of piperidine rings is 1. The van der Waals surface area contributed by atoms with Crippen LogP contribution in [0, 0.1) is 5.82 Å². The lowest BCUT2D eigenvalue weighted by atomic mass is 9.87. The molecule has 0 saturated carbocycles. The fourth-order valence-electron chi connectivity index (χ4n) is 5.35. The van der Waals surface area contributed by atoms with Crippen molar-refractivity contribution in [3.8, 4) is 0 Å². The van der Waals surface area contributed by atoms with Crippen LogP contribution in [0.2, 0.25) is 0 Å². The maximum atomic E-state index is 14.1. The summed E-state index contributed by atoms with van der Waals surface area (Å²) >= 11 is 0. The first-order valence-electron chi connectivity index (χ1n) is 11.5. The fraction of sp³-hybridized carbons (Fsp3) is 0.231. The summed E-state index contributed by atoms with van der Waals surface area (Å²) in [5.74, 6) is 0.282. The highest BCUT2D eigenvalue weighted by molar-refractivity contribution is 6.21. The third-order valence-corrected chi connectivity index (χ3v) is 6.98. The number of aromatic nitrogens is 4. The molecule has 5 aromatic rings. The van der Waals surface area contributed by atoms with Gasteiger partial charge in [0.1, 0.15) is 17.2 Å². The highest BCUT2D eigenvalue weighted by Crippen LogP contribution is 2.36. The number of carbonyl (C=O) groups is 1. The number of nitrogens with zero attached hydrogens (tertiary/aromatic N) is 3. The van der Waals surface area contributed by atoms with Gasteiger partial charge in [0, 0.05) is 29.3 Å². The van der Waals surface area contributed by atoms with E-state index in [2.05, 4.69) is 15.0 Å². The second-order valence-electron chi connectivity index (χ2n) is 9.03. The number of carboxylic acid groups (broad SMARTS) is 1. The summed E-state index contributed by atoms with van der Waals surface area (Å²) in [6, 6.07) is 14.0. The summed E-state index contributed by atoms with van der Waals surface area (Å²) in [6.07, 6.45) is 2.26. The SMILES string of the molecule is O=C(O)N1CCC(c2nc3c4ccc(F)cc4c4c(=O)[nH]cnc4c3[nH]2)CC1Cc1ccccc1. The molecule has 1 saturated heterocycles. The maximum Gasteiger partial charge on any atom is 0.407 e. The number of rotatable bonds is 3. The lowest BCUT2D eigenvalue weighted by Gasteiger charge is -2.37. The van der Waals surface area contributed by atoms with Crippen LogP contribution in [0.5, 0.6) is 0 Å². The zero-order valence-electron chi connectivity index (χ0n) is 18.7. The molecule has 3 aromatic carbocycles. The molecule has 3 heterocycles. The number of amides is 1. The molecule has 0 aliphatic carbocycles. The summed E-state index contributed by atoms with van der Waals surface area (Å²) in [6.45, 7) is 0.402. The van der Waals surface area contributed by atoms with E-state index in [1.807, 2.05) is 30.3 Å². The smallest absolute Gasteiger partial charge is 0.407 e. The Morgan fingerprint density at radius 2 is 1.97 bits per heavy atom. The van der Waals surface area contributed by atoms with Crippen molar-refractivity contribution >= 4 is 38.8 Å². The fourth-order valence-corrected chi connectivity index (χ4v) is 5.35. The summed E-state index contributed by atoms with van der Waals surface area (Å²) in [7, 11) is 0. The Labute approximate surface area is 198 Å². The molecule has 2 atom stereocenters. The van der Waals surface area contributed by atoms with Crippen molar-refractivity contribution < 1.29 is 14.3 Å². The minimum atomic E-state index is -0.920. The lowest BCUT2D eigenvalue weighted by molar-refractivity contribution is 0.0997. The monoisotopic (exact) mass is 471 g/mol. The lowest BCUT2D eigenvalue weighted by Crippen LogP contribution is -2.46. The van der Waals surface area contributed by atoms with Gasteiger partial charge in [0.05, 0.1) is 22.7 Å². The van der Waals surface area contributed by atoms with Crippen LogP contribution in [0.15, 0.2) is 59.7 Å². The molecule has 176 valence electrons. The Balaban J connectivity index is 1.46. The molecule has 1 aliphatic heterocycles. The van der Waals surface area contributed by atoms with Gasteiger partial charge in [0.2, 0.25) is 0 Å². The van der Waals surface area contributed by atoms with Crippen LogP contribution in [0.1, 0.15) is 30.1 Å². The zero-order chi connectivity index (χ0) is 24.1. The first kappa shape index (κ1) is 21.3. The molecule has 0 radical (unpaired) electrons. The number of likely N-dealkylation sites (tertiary alicyclic amines) is 1. The largest absolute Gasteiger partial charge is 0.465 e. The molecule has 9 heteroatoms. The van der Waals surface area contributed by atoms with E-state index in [1.165, 1.54) is 23.4 Å². The summed E-state index contributed by atoms with van der Waals surface area (Å²) < 4.78 is 14.1. The van der Waals surface area contributed by atoms with Gasteiger partial charge in [-0.05, 0) is 43.0 Å². The van der Waals surface area contributed by atoms with Crippen molar-refractivity contribution in [3.63, 3.8) is 0 Å². The normalized spacial score (nSPS) is 18.5. The van der Waals surface area contributed by atoms with Gasteiger partial charge in [-0.2, -0.15) is 0 Å². The molecule has 6 rings (SSSR count). The summed E-state index contributed by atoms with van der Waals surface area (Å²) in [5, 5.41) is 11.2. The van der Waals surface area contributed by atoms with Crippen molar-refractivity contribution in [1.82, 2.24) is 24.8 Å². The molecule has 0 spiro atoms. The topological polar surface area (TPSA) is 115 Å². The number of H-pyrrole nitrogens is 2. The summed E-state index contributed by atoms with van der Waals surface area (Å²) in [5.41, 5.74) is 2.42. The van der Waals surface area contributed by atoms with Gasteiger partial charge in [-0.15, -0.1) is 0 Å². The van der Waals surface area contributed by atoms with Gasteiger partial charge in [0.15, 0.2) is 0 Å². The summed E-state index contributed by atoms with van der Waals surface area (Å²) in [4.78, 5) is 41.3. The molecule has 1 fully saturated rings. The molecule has 1 amide bonds. The average molecular weight is 471 g/mol. The van der Waals surface area contributed by atoms with E-state index in [0.29, 0.717) is 58.5 Å². The van der Waals surface area contributed by atoms with Crippen LogP contribution in [-0.2, 0) is 6.42 Å². The highest BCUT2D eigenvalue weighted by atomic mass is 19.1. The number of aromatic amines is 2. The van der Waals surface area contributed by atoms with E-state index in [0.717, 1.165) is 11.4 Å². The predicted octanol–water partition coefficient (Wildman–Crippen LogP) is 4.56. The van der Waals surface area contributed by atoms with Gasteiger partial charge in [-0.1, -0.05) is 30.3 Å². The number of benzene rings is 3. The molecule has 35 heavy (non-hydrogen) atoms. The zero-order valence-corrected chi connectivity index (χ0v) is 18.7. The number of imidazole rings is 1. The van der Waals surface area contributed by atoms with E-state index in [9.17, 15) is 19.1 Å². The standard InChI is InChI=1S/C26H22FN5O3/c27-16-6-7-18-19(12-16)20-22(28-13-29-25(20)33)23-21(18)30-24(31-23)15-8-9-32(26(34)35)17(11-15)10-14-4-2-1-3-5-14/h1-7,12-13,15,17H,8-11H2,(H,30,31)(H,34,35)(H,28,29,33). The van der Waals surface area contributed by atoms with Crippen LogP contribution in [0.25, 0.3) is 32.7 Å². The third-order valence-electron chi connectivity index (χ3n) is 6.98. The van der Waals surface area contributed by atoms with Gasteiger partial charge < -0.3 is 20.0 Å². The Hall–Kier alpha value is -4.27. The Morgan fingerprint density at radius 3 is 2.77 bits per heavy atom. The minimum absolute atomic E-state index is 0.000688. The van der Waals surface area contributed by atoms with Crippen LogP contribution < -0.4 is 5.56 Å². The van der Waals surface area contributed by atoms with E-state index in [-0.39, 0.29) is 17.5 Å². The van der Waals surface area contributed by atoms with E-state index in [1.54, 1.807) is 6.07 Å². The molecular formula is C26H22FN5O3. The van der Waals surface area contributed by atoms with Crippen molar-refractivity contribution in [1.29, 1.82) is 0 Å². The average Bonchev–Trinajstić information content (AvgIpc) is 3.30.